The molecule has 0 radical (unpaired) electrons. The van der Waals surface area contributed by atoms with Gasteiger partial charge in [-0.15, -0.1) is 0 Å². The van der Waals surface area contributed by atoms with Gasteiger partial charge >= 0.3 is 0 Å². The number of ether oxygens (including phenoxy) is 4. The van der Waals surface area contributed by atoms with Crippen LogP contribution in [0, 0.1) is 11.8 Å². The molecule has 0 bridgehead atoms. The minimum atomic E-state index is -0.988. The third-order valence-electron chi connectivity index (χ3n) is 3.89. The topological polar surface area (TPSA) is 132 Å². The Bertz CT molecular complexity index is 967. The van der Waals surface area contributed by atoms with Crippen LogP contribution in [0.15, 0.2) is 24.3 Å². The number of carbonyl (C=O) groups excluding carboxylic acids is 2. The van der Waals surface area contributed by atoms with Gasteiger partial charge in [0.05, 0.1) is 21.3 Å². The van der Waals surface area contributed by atoms with E-state index in [2.05, 4.69) is 11.8 Å². The van der Waals surface area contributed by atoms with Crippen molar-refractivity contribution in [3.8, 4) is 46.3 Å². The lowest BCUT2D eigenvalue weighted by atomic mass is 10.1. The van der Waals surface area contributed by atoms with Crippen LogP contribution in [-0.2, 0) is 9.53 Å². The quantitative estimate of drug-likeness (QED) is 0.193. The van der Waals surface area contributed by atoms with Crippen molar-refractivity contribution in [1.82, 2.24) is 0 Å². The molecule has 0 spiro atoms. The molecule has 0 unspecified atom stereocenters. The summed E-state index contributed by atoms with van der Waals surface area (Å²) in [7, 11) is 4.44. The van der Waals surface area contributed by atoms with E-state index in [1.54, 1.807) is 12.1 Å². The van der Waals surface area contributed by atoms with Crippen molar-refractivity contribution in [3.05, 3.63) is 35.4 Å². The minimum absolute atomic E-state index is 0.137. The maximum Gasteiger partial charge on any atom is 0.231 e. The van der Waals surface area contributed by atoms with E-state index in [9.17, 15) is 24.9 Å². The first-order chi connectivity index (χ1) is 14.3. The van der Waals surface area contributed by atoms with Crippen LogP contribution < -0.4 is 14.2 Å². The fraction of sp³-hybridized carbons (Fsp3) is 0.238. The summed E-state index contributed by atoms with van der Waals surface area (Å²) in [5, 5.41) is 28.1. The number of methoxy groups -OCH3 is 3. The van der Waals surface area contributed by atoms with Gasteiger partial charge in [-0.3, -0.25) is 9.59 Å². The smallest absolute Gasteiger partial charge is 0.231 e. The van der Waals surface area contributed by atoms with Gasteiger partial charge in [-0.1, -0.05) is 11.8 Å². The van der Waals surface area contributed by atoms with Crippen LogP contribution in [0.2, 0.25) is 0 Å². The van der Waals surface area contributed by atoms with E-state index in [4.69, 9.17) is 18.9 Å². The summed E-state index contributed by atoms with van der Waals surface area (Å²) in [6.07, 6.45) is 0. The third-order valence-corrected chi connectivity index (χ3v) is 3.89. The second kappa shape index (κ2) is 10.0. The van der Waals surface area contributed by atoms with Crippen LogP contribution in [0.25, 0.3) is 0 Å². The molecule has 9 heteroatoms. The molecule has 30 heavy (non-hydrogen) atoms. The molecule has 158 valence electrons. The lowest BCUT2D eigenvalue weighted by molar-refractivity contribution is -0.118. The van der Waals surface area contributed by atoms with Gasteiger partial charge in [0.1, 0.15) is 13.2 Å². The van der Waals surface area contributed by atoms with Crippen LogP contribution in [0.1, 0.15) is 15.9 Å². The number of phenols is 3. The Morgan fingerprint density at radius 1 is 0.900 bits per heavy atom. The number of benzene rings is 2. The van der Waals surface area contributed by atoms with Crippen LogP contribution in [0.5, 0.6) is 34.5 Å². The lowest BCUT2D eigenvalue weighted by Gasteiger charge is -2.12. The molecular weight excluding hydrogens is 396 g/mol. The largest absolute Gasteiger partial charge is 0.504 e. The molecule has 0 saturated heterocycles. The Morgan fingerprint density at radius 2 is 1.47 bits per heavy atom. The maximum absolute atomic E-state index is 12.0. The summed E-state index contributed by atoms with van der Waals surface area (Å²) in [6.45, 7) is -0.688. The first-order valence-electron chi connectivity index (χ1n) is 8.51. The summed E-state index contributed by atoms with van der Waals surface area (Å²) >= 11 is 0. The van der Waals surface area contributed by atoms with Crippen molar-refractivity contribution in [2.24, 2.45) is 0 Å². The van der Waals surface area contributed by atoms with E-state index in [1.807, 2.05) is 0 Å². The minimum Gasteiger partial charge on any atom is -0.504 e. The summed E-state index contributed by atoms with van der Waals surface area (Å²) in [4.78, 5) is 24.0. The van der Waals surface area contributed by atoms with Crippen LogP contribution in [0.4, 0.5) is 0 Å². The van der Waals surface area contributed by atoms with Gasteiger partial charge in [0.25, 0.3) is 0 Å². The van der Waals surface area contributed by atoms with Gasteiger partial charge in [0.2, 0.25) is 17.3 Å². The van der Waals surface area contributed by atoms with Crippen molar-refractivity contribution >= 4 is 11.6 Å². The molecule has 0 aliphatic rings. The Kier molecular flexibility index (Phi) is 7.50. The zero-order chi connectivity index (χ0) is 22.3. The van der Waals surface area contributed by atoms with Gasteiger partial charge in [-0.05, 0) is 24.3 Å². The summed E-state index contributed by atoms with van der Waals surface area (Å²) in [6, 6.07) is 5.04. The normalized spacial score (nSPS) is 9.97. The summed E-state index contributed by atoms with van der Waals surface area (Å²) < 4.78 is 20.8. The first-order valence-corrected chi connectivity index (χ1v) is 8.51. The molecule has 2 aromatic carbocycles. The predicted octanol–water partition coefficient (Wildman–Crippen LogP) is 1.65. The van der Waals surface area contributed by atoms with Crippen LogP contribution in [0.3, 0.4) is 0 Å². The zero-order valence-electron chi connectivity index (χ0n) is 16.5. The number of aromatic hydroxyl groups is 3. The van der Waals surface area contributed by atoms with E-state index < -0.39 is 35.4 Å². The summed E-state index contributed by atoms with van der Waals surface area (Å²) in [5.41, 5.74) is 0.283. The second-order valence-electron chi connectivity index (χ2n) is 5.82. The van der Waals surface area contributed by atoms with Gasteiger partial charge in [-0.2, -0.15) is 0 Å². The first kappa shape index (κ1) is 22.4. The second-order valence-corrected chi connectivity index (χ2v) is 5.82. The van der Waals surface area contributed by atoms with Crippen LogP contribution >= 0.6 is 0 Å². The molecule has 0 aliphatic carbocycles. The van der Waals surface area contributed by atoms with E-state index in [1.165, 1.54) is 21.3 Å². The number of rotatable bonds is 8. The molecule has 2 aromatic rings. The average Bonchev–Trinajstić information content (AvgIpc) is 2.75. The number of phenolic OH excluding ortho intramolecular Hbond substituents is 3. The van der Waals surface area contributed by atoms with Crippen molar-refractivity contribution in [2.75, 3.05) is 34.5 Å². The zero-order valence-corrected chi connectivity index (χ0v) is 16.5. The standard InChI is InChI=1S/C21H20O9/c1-27-17-7-12(8-18(28-2)21(17)29-3)5-4-6-30-11-16(24)19(25)13-9-14(22)20(26)15(23)10-13/h7-10,22-23,26H,6,11H2,1-3H3. The number of carbonyl (C=O) groups is 2. The molecule has 0 heterocycles. The highest BCUT2D eigenvalue weighted by Crippen LogP contribution is 2.38. The SMILES string of the molecule is COc1cc(C#CCOCC(=O)C(=O)c2cc(O)c(O)c(O)c2)cc(OC)c1OC. The van der Waals surface area contributed by atoms with Crippen molar-refractivity contribution in [3.63, 3.8) is 0 Å². The van der Waals surface area contributed by atoms with Gasteiger partial charge < -0.3 is 34.3 Å². The average molecular weight is 416 g/mol. The molecule has 0 aromatic heterocycles. The molecule has 0 aliphatic heterocycles. The van der Waals surface area contributed by atoms with Crippen molar-refractivity contribution in [2.45, 2.75) is 0 Å². The van der Waals surface area contributed by atoms with E-state index in [0.717, 1.165) is 12.1 Å². The summed E-state index contributed by atoms with van der Waals surface area (Å²) in [5.74, 6) is 2.70. The van der Waals surface area contributed by atoms with E-state index >= 15 is 0 Å². The van der Waals surface area contributed by atoms with Gasteiger partial charge in [-0.25, -0.2) is 0 Å². The van der Waals surface area contributed by atoms with Gasteiger partial charge in [0, 0.05) is 11.1 Å². The number of hydrogen-bond acceptors (Lipinski definition) is 9. The molecule has 3 N–H and O–H groups in total. The lowest BCUT2D eigenvalue weighted by Crippen LogP contribution is -2.20. The Balaban J connectivity index is 1.98. The predicted molar refractivity (Wildman–Crippen MR) is 105 cm³/mol. The molecular formula is C21H20O9. The highest BCUT2D eigenvalue weighted by molar-refractivity contribution is 6.44. The monoisotopic (exact) mass is 416 g/mol. The Labute approximate surface area is 172 Å². The molecule has 2 rings (SSSR count). The highest BCUT2D eigenvalue weighted by Gasteiger charge is 2.20. The maximum atomic E-state index is 12.0. The van der Waals surface area contributed by atoms with Crippen LogP contribution in [-0.4, -0.2) is 61.4 Å². The molecule has 0 fully saturated rings. The molecule has 0 amide bonds. The Morgan fingerprint density at radius 3 is 1.97 bits per heavy atom. The third kappa shape index (κ3) is 5.12. The number of Topliss-reactive ketones (excluding diaryl/α,β-unsaturated/α-hetero) is 2. The van der Waals surface area contributed by atoms with Crippen molar-refractivity contribution < 1.29 is 43.9 Å². The van der Waals surface area contributed by atoms with Gasteiger partial charge in [0.15, 0.2) is 28.7 Å². The molecule has 9 nitrogen and oxygen atoms in total. The highest BCUT2D eigenvalue weighted by atomic mass is 16.5. The number of hydrogen-bond donors (Lipinski definition) is 3. The molecule has 0 atom stereocenters. The van der Waals surface area contributed by atoms with E-state index in [-0.39, 0.29) is 12.2 Å². The molecule has 0 saturated carbocycles. The Hall–Kier alpha value is -3.90. The number of ketones is 2. The fourth-order valence-electron chi connectivity index (χ4n) is 2.45. The fourth-order valence-corrected chi connectivity index (χ4v) is 2.45. The van der Waals surface area contributed by atoms with Crippen molar-refractivity contribution in [1.29, 1.82) is 0 Å². The van der Waals surface area contributed by atoms with E-state index in [0.29, 0.717) is 22.8 Å².